The molecule has 0 saturated carbocycles. The van der Waals surface area contributed by atoms with Crippen LogP contribution in [0, 0.1) is 5.92 Å². The zero-order valence-corrected chi connectivity index (χ0v) is 18.2. The van der Waals surface area contributed by atoms with E-state index in [4.69, 9.17) is 9.72 Å². The molecule has 1 aromatic heterocycles. The Labute approximate surface area is 179 Å². The highest BCUT2D eigenvalue weighted by Crippen LogP contribution is 2.34. The highest BCUT2D eigenvalue weighted by atomic mass is 16.6. The number of aromatic nitrogens is 1. The normalized spacial score (nSPS) is 19.3. The summed E-state index contributed by atoms with van der Waals surface area (Å²) < 4.78 is 5.40. The number of ether oxygens (including phenoxy) is 1. The van der Waals surface area contributed by atoms with Gasteiger partial charge in [0.25, 0.3) is 0 Å². The van der Waals surface area contributed by atoms with Gasteiger partial charge in [0.15, 0.2) is 0 Å². The number of anilines is 1. The molecule has 2 heterocycles. The number of pyridine rings is 1. The second kappa shape index (κ2) is 9.11. The van der Waals surface area contributed by atoms with Crippen molar-refractivity contribution in [2.24, 2.45) is 5.92 Å². The molecule has 162 valence electrons. The molecule has 1 amide bonds. The van der Waals surface area contributed by atoms with Gasteiger partial charge in [-0.25, -0.2) is 9.78 Å². The molecule has 1 saturated heterocycles. The maximum absolute atomic E-state index is 12.3. The monoisotopic (exact) mass is 411 g/mol. The number of nitrogens with zero attached hydrogens (tertiary/aromatic N) is 3. The Kier molecular flexibility index (Phi) is 6.30. The first-order valence-corrected chi connectivity index (χ1v) is 11.3. The van der Waals surface area contributed by atoms with Crippen LogP contribution >= 0.6 is 0 Å². The van der Waals surface area contributed by atoms with Gasteiger partial charge in [0, 0.05) is 38.2 Å². The first-order chi connectivity index (χ1) is 14.5. The van der Waals surface area contributed by atoms with Crippen LogP contribution in [0.4, 0.5) is 10.6 Å². The van der Waals surface area contributed by atoms with Crippen molar-refractivity contribution >= 4 is 17.5 Å². The summed E-state index contributed by atoms with van der Waals surface area (Å²) in [7, 11) is 0. The maximum atomic E-state index is 12.3. The predicted molar refractivity (Wildman–Crippen MR) is 119 cm³/mol. The van der Waals surface area contributed by atoms with E-state index in [1.165, 1.54) is 24.0 Å². The molecule has 0 spiro atoms. The second-order valence-corrected chi connectivity index (χ2v) is 8.92. The van der Waals surface area contributed by atoms with Crippen molar-refractivity contribution < 1.29 is 14.6 Å². The summed E-state index contributed by atoms with van der Waals surface area (Å²) in [6.45, 7) is 7.34. The molecule has 0 bridgehead atoms. The van der Waals surface area contributed by atoms with Crippen LogP contribution in [0.3, 0.4) is 0 Å². The first-order valence-electron chi connectivity index (χ1n) is 11.3. The highest BCUT2D eigenvalue weighted by molar-refractivity contribution is 5.76. The van der Waals surface area contributed by atoms with Crippen molar-refractivity contribution in [3.05, 3.63) is 40.8 Å². The van der Waals surface area contributed by atoms with E-state index >= 15 is 0 Å². The number of carbonyl (C=O) groups is 1. The lowest BCUT2D eigenvalue weighted by molar-refractivity contribution is 0.0901. The molecule has 6 nitrogen and oxygen atoms in total. The zero-order chi connectivity index (χ0) is 21.1. The molecule has 1 fully saturated rings. The number of allylic oxidation sites excluding steroid dienone is 4. The van der Waals surface area contributed by atoms with Gasteiger partial charge < -0.3 is 19.6 Å². The summed E-state index contributed by atoms with van der Waals surface area (Å²) >= 11 is 0. The van der Waals surface area contributed by atoms with Crippen molar-refractivity contribution in [1.82, 2.24) is 9.88 Å². The highest BCUT2D eigenvalue weighted by Gasteiger charge is 2.27. The molecular weight excluding hydrogens is 378 g/mol. The molecule has 1 aromatic rings. The Morgan fingerprint density at radius 1 is 1.17 bits per heavy atom. The number of hydrogen-bond acceptors (Lipinski definition) is 5. The van der Waals surface area contributed by atoms with Crippen LogP contribution in [0.5, 0.6) is 0 Å². The fraction of sp³-hybridized carbons (Fsp3) is 0.583. The lowest BCUT2D eigenvalue weighted by Gasteiger charge is -2.37. The fourth-order valence-electron chi connectivity index (χ4n) is 4.44. The summed E-state index contributed by atoms with van der Waals surface area (Å²) in [5.41, 5.74) is 4.43. The minimum atomic E-state index is -0.213. The number of rotatable bonds is 4. The number of fused-ring (bicyclic) bond motifs is 1. The number of hydrogen-bond donors (Lipinski definition) is 1. The van der Waals surface area contributed by atoms with Gasteiger partial charge in [-0.2, -0.15) is 0 Å². The SMILES string of the molecule is CC(C)COC(=O)N1CCN(c2nc(C3=C(O)CCC=C3)cc3c2CCCC3)CC1. The van der Waals surface area contributed by atoms with Gasteiger partial charge in [0.1, 0.15) is 11.6 Å². The molecular formula is C24H33N3O3. The van der Waals surface area contributed by atoms with Crippen molar-refractivity contribution in [2.45, 2.75) is 52.4 Å². The van der Waals surface area contributed by atoms with Crippen LogP contribution in [0.25, 0.3) is 5.57 Å². The van der Waals surface area contributed by atoms with E-state index in [9.17, 15) is 9.90 Å². The predicted octanol–water partition coefficient (Wildman–Crippen LogP) is 4.49. The number of piperazine rings is 1. The van der Waals surface area contributed by atoms with Crippen LogP contribution < -0.4 is 4.90 Å². The molecule has 0 radical (unpaired) electrons. The minimum Gasteiger partial charge on any atom is -0.512 e. The number of amides is 1. The molecule has 0 aromatic carbocycles. The number of aliphatic hydroxyl groups excluding tert-OH is 1. The fourth-order valence-corrected chi connectivity index (χ4v) is 4.44. The summed E-state index contributed by atoms with van der Waals surface area (Å²) in [4.78, 5) is 21.4. The molecule has 0 unspecified atom stereocenters. The standard InChI is InChI=1S/C24H33N3O3/c1-17(2)16-30-24(29)27-13-11-26(12-14-27)23-19-8-4-3-7-18(19)15-21(25-23)20-9-5-6-10-22(20)28/h5,9,15,17,28H,3-4,6-8,10-14,16H2,1-2H3. The molecule has 0 atom stereocenters. The maximum Gasteiger partial charge on any atom is 0.409 e. The Hall–Kier alpha value is -2.50. The van der Waals surface area contributed by atoms with Crippen LogP contribution in [-0.4, -0.2) is 53.9 Å². The lowest BCUT2D eigenvalue weighted by Crippen LogP contribution is -2.49. The van der Waals surface area contributed by atoms with E-state index in [1.807, 2.05) is 19.9 Å². The van der Waals surface area contributed by atoms with E-state index in [1.54, 1.807) is 4.90 Å². The summed E-state index contributed by atoms with van der Waals surface area (Å²) in [5.74, 6) is 1.81. The van der Waals surface area contributed by atoms with Crippen molar-refractivity contribution in [3.8, 4) is 0 Å². The van der Waals surface area contributed by atoms with Gasteiger partial charge in [-0.3, -0.25) is 0 Å². The topological polar surface area (TPSA) is 65.9 Å². The molecule has 3 aliphatic rings. The Bertz CT molecular complexity index is 851. The van der Waals surface area contributed by atoms with Gasteiger partial charge >= 0.3 is 6.09 Å². The molecule has 2 aliphatic carbocycles. The lowest BCUT2D eigenvalue weighted by atomic mass is 9.90. The van der Waals surface area contributed by atoms with Gasteiger partial charge in [0.2, 0.25) is 0 Å². The smallest absolute Gasteiger partial charge is 0.409 e. The number of carbonyl (C=O) groups excluding carboxylic acids is 1. The van der Waals surface area contributed by atoms with Crippen molar-refractivity contribution in [2.75, 3.05) is 37.7 Å². The minimum absolute atomic E-state index is 0.213. The number of aryl methyl sites for hydroxylation is 1. The summed E-state index contributed by atoms with van der Waals surface area (Å²) in [5, 5.41) is 10.4. The van der Waals surface area contributed by atoms with Crippen LogP contribution in [0.1, 0.15) is 56.4 Å². The molecule has 30 heavy (non-hydrogen) atoms. The van der Waals surface area contributed by atoms with E-state index in [-0.39, 0.29) is 6.09 Å². The molecule has 1 aliphatic heterocycles. The second-order valence-electron chi connectivity index (χ2n) is 8.92. The van der Waals surface area contributed by atoms with E-state index < -0.39 is 0 Å². The van der Waals surface area contributed by atoms with Crippen molar-refractivity contribution in [1.29, 1.82) is 0 Å². The van der Waals surface area contributed by atoms with Gasteiger partial charge in [0.05, 0.1) is 12.3 Å². The van der Waals surface area contributed by atoms with Gasteiger partial charge in [-0.05, 0) is 55.2 Å². The van der Waals surface area contributed by atoms with Gasteiger partial charge in [-0.1, -0.05) is 26.0 Å². The average Bonchev–Trinajstić information content (AvgIpc) is 2.77. The number of aliphatic hydroxyl groups is 1. The van der Waals surface area contributed by atoms with E-state index in [0.29, 0.717) is 37.8 Å². The average molecular weight is 412 g/mol. The quantitative estimate of drug-likeness (QED) is 0.791. The summed E-state index contributed by atoms with van der Waals surface area (Å²) in [6.07, 6.45) is 9.96. The van der Waals surface area contributed by atoms with Crippen LogP contribution in [-0.2, 0) is 17.6 Å². The largest absolute Gasteiger partial charge is 0.512 e. The third-order valence-electron chi connectivity index (χ3n) is 6.11. The van der Waals surface area contributed by atoms with Crippen LogP contribution in [0.2, 0.25) is 0 Å². The zero-order valence-electron chi connectivity index (χ0n) is 18.2. The third-order valence-corrected chi connectivity index (χ3v) is 6.11. The Balaban J connectivity index is 1.55. The third kappa shape index (κ3) is 4.47. The molecule has 1 N–H and O–H groups in total. The van der Waals surface area contributed by atoms with Crippen LogP contribution in [0.15, 0.2) is 24.0 Å². The Morgan fingerprint density at radius 3 is 2.67 bits per heavy atom. The van der Waals surface area contributed by atoms with E-state index in [0.717, 1.165) is 49.4 Å². The van der Waals surface area contributed by atoms with Gasteiger partial charge in [-0.15, -0.1) is 0 Å². The summed E-state index contributed by atoms with van der Waals surface area (Å²) in [6, 6.07) is 2.18. The van der Waals surface area contributed by atoms with E-state index in [2.05, 4.69) is 17.0 Å². The van der Waals surface area contributed by atoms with Crippen molar-refractivity contribution in [3.63, 3.8) is 0 Å². The molecule has 4 rings (SSSR count). The Morgan fingerprint density at radius 2 is 1.93 bits per heavy atom. The first kappa shape index (κ1) is 20.8. The molecule has 6 heteroatoms.